The van der Waals surface area contributed by atoms with Crippen molar-refractivity contribution in [1.82, 2.24) is 14.9 Å². The van der Waals surface area contributed by atoms with Gasteiger partial charge in [0.05, 0.1) is 0 Å². The fraction of sp³-hybridized carbons (Fsp3) is 0.250. The minimum absolute atomic E-state index is 0.434. The smallest absolute Gasteiger partial charge is 0.214 e. The first-order chi connectivity index (χ1) is 6.61. The maximum Gasteiger partial charge on any atom is 0.214 e. The Morgan fingerprint density at radius 1 is 1.57 bits per heavy atom. The molecule has 0 radical (unpaired) electrons. The Morgan fingerprint density at radius 2 is 2.29 bits per heavy atom. The Labute approximate surface area is 90.4 Å². The van der Waals surface area contributed by atoms with Crippen LogP contribution >= 0.6 is 23.6 Å². The van der Waals surface area contributed by atoms with E-state index >= 15 is 0 Å². The van der Waals surface area contributed by atoms with Crippen molar-refractivity contribution in [3.63, 3.8) is 0 Å². The Hall–Kier alpha value is -1.14. The molecule has 0 atom stereocenters. The largest absolute Gasteiger partial charge is 0.335 e. The highest BCUT2D eigenvalue weighted by Crippen LogP contribution is 2.28. The number of hydrogen-bond donors (Lipinski definition) is 2. The summed E-state index contributed by atoms with van der Waals surface area (Å²) in [6.07, 6.45) is 0. The normalized spacial score (nSPS) is 10.7. The van der Waals surface area contributed by atoms with Crippen LogP contribution in [0.4, 0.5) is 0 Å². The number of aromatic amines is 1. The molecule has 0 amide bonds. The molecule has 2 aromatic rings. The number of aryl methyl sites for hydroxylation is 1. The van der Waals surface area contributed by atoms with E-state index in [0.717, 1.165) is 5.56 Å². The Balaban J connectivity index is 2.66. The summed E-state index contributed by atoms with van der Waals surface area (Å²) in [5, 5.41) is 8.80. The van der Waals surface area contributed by atoms with Crippen molar-refractivity contribution in [2.75, 3.05) is 5.84 Å². The van der Waals surface area contributed by atoms with Crippen LogP contribution in [0.1, 0.15) is 10.4 Å². The first-order valence-electron chi connectivity index (χ1n) is 4.09. The molecule has 0 saturated heterocycles. The molecule has 3 N–H and O–H groups in total. The van der Waals surface area contributed by atoms with Gasteiger partial charge in [0.25, 0.3) is 0 Å². The molecule has 0 aliphatic heterocycles. The summed E-state index contributed by atoms with van der Waals surface area (Å²) in [6.45, 7) is 4.13. The maximum absolute atomic E-state index is 5.74. The van der Waals surface area contributed by atoms with Crippen molar-refractivity contribution < 1.29 is 0 Å². The van der Waals surface area contributed by atoms with E-state index in [2.05, 4.69) is 24.0 Å². The van der Waals surface area contributed by atoms with E-state index in [1.807, 2.05) is 5.38 Å². The molecule has 0 aliphatic rings. The van der Waals surface area contributed by atoms with Gasteiger partial charge in [0, 0.05) is 15.8 Å². The molecule has 0 spiro atoms. The zero-order valence-corrected chi connectivity index (χ0v) is 9.50. The lowest BCUT2D eigenvalue weighted by Gasteiger charge is -1.98. The van der Waals surface area contributed by atoms with E-state index in [-0.39, 0.29) is 0 Å². The monoisotopic (exact) mass is 226 g/mol. The first kappa shape index (κ1) is 9.42. The third-order valence-corrected chi connectivity index (χ3v) is 3.53. The van der Waals surface area contributed by atoms with Gasteiger partial charge in [-0.3, -0.25) is 0 Å². The number of thiophene rings is 1. The molecule has 0 aromatic carbocycles. The van der Waals surface area contributed by atoms with Gasteiger partial charge in [0.15, 0.2) is 5.82 Å². The van der Waals surface area contributed by atoms with Crippen molar-refractivity contribution in [2.45, 2.75) is 13.8 Å². The molecule has 6 heteroatoms. The van der Waals surface area contributed by atoms with Crippen LogP contribution in [0.2, 0.25) is 0 Å². The summed E-state index contributed by atoms with van der Waals surface area (Å²) in [7, 11) is 0. The molecule has 74 valence electrons. The van der Waals surface area contributed by atoms with Gasteiger partial charge in [0.2, 0.25) is 4.77 Å². The lowest BCUT2D eigenvalue weighted by molar-refractivity contribution is 0.983. The number of nitrogen functional groups attached to an aromatic ring is 1. The summed E-state index contributed by atoms with van der Waals surface area (Å²) in [5.41, 5.74) is 2.25. The highest BCUT2D eigenvalue weighted by Gasteiger charge is 2.11. The predicted octanol–water partition coefficient (Wildman–Crippen LogP) is 2.00. The van der Waals surface area contributed by atoms with E-state index in [1.54, 1.807) is 11.3 Å². The molecular weight excluding hydrogens is 216 g/mol. The zero-order chi connectivity index (χ0) is 10.3. The number of aromatic nitrogens is 3. The van der Waals surface area contributed by atoms with Gasteiger partial charge >= 0.3 is 0 Å². The third-order valence-electron chi connectivity index (χ3n) is 2.23. The third kappa shape index (κ3) is 1.27. The zero-order valence-electron chi connectivity index (χ0n) is 7.87. The van der Waals surface area contributed by atoms with Crippen molar-refractivity contribution in [1.29, 1.82) is 0 Å². The molecule has 0 aliphatic carbocycles. The summed E-state index contributed by atoms with van der Waals surface area (Å²) >= 11 is 6.63. The molecule has 14 heavy (non-hydrogen) atoms. The van der Waals surface area contributed by atoms with Crippen LogP contribution in [-0.2, 0) is 0 Å². The van der Waals surface area contributed by atoms with Crippen molar-refractivity contribution in [2.24, 2.45) is 0 Å². The second-order valence-electron chi connectivity index (χ2n) is 3.05. The summed E-state index contributed by atoms with van der Waals surface area (Å²) in [4.78, 5) is 1.27. The highest BCUT2D eigenvalue weighted by atomic mass is 32.1. The van der Waals surface area contributed by atoms with Gasteiger partial charge in [-0.25, -0.2) is 9.77 Å². The molecule has 0 fully saturated rings. The second-order valence-corrected chi connectivity index (χ2v) is 4.52. The number of nitrogens with one attached hydrogen (secondary N) is 1. The van der Waals surface area contributed by atoms with Gasteiger partial charge in [-0.2, -0.15) is 5.10 Å². The summed E-state index contributed by atoms with van der Waals surface area (Å²) in [6, 6.07) is 0. The van der Waals surface area contributed by atoms with Gasteiger partial charge in [0.1, 0.15) is 0 Å². The molecule has 2 aromatic heterocycles. The van der Waals surface area contributed by atoms with Crippen LogP contribution in [0.5, 0.6) is 0 Å². The molecule has 0 saturated carbocycles. The van der Waals surface area contributed by atoms with Gasteiger partial charge < -0.3 is 5.84 Å². The fourth-order valence-corrected chi connectivity index (χ4v) is 2.22. The van der Waals surface area contributed by atoms with E-state index in [9.17, 15) is 0 Å². The molecule has 2 rings (SSSR count). The van der Waals surface area contributed by atoms with Gasteiger partial charge in [-0.05, 0) is 31.6 Å². The predicted molar refractivity (Wildman–Crippen MR) is 60.3 cm³/mol. The lowest BCUT2D eigenvalue weighted by atomic mass is 10.2. The van der Waals surface area contributed by atoms with Gasteiger partial charge in [-0.15, -0.1) is 11.3 Å². The van der Waals surface area contributed by atoms with Gasteiger partial charge in [-0.1, -0.05) is 0 Å². The minimum Gasteiger partial charge on any atom is -0.335 e. The van der Waals surface area contributed by atoms with Crippen molar-refractivity contribution in [3.05, 3.63) is 20.6 Å². The van der Waals surface area contributed by atoms with Crippen LogP contribution in [0, 0.1) is 18.6 Å². The number of nitrogens with two attached hydrogens (primary N) is 1. The van der Waals surface area contributed by atoms with E-state index in [4.69, 9.17) is 18.1 Å². The fourth-order valence-electron chi connectivity index (χ4n) is 1.23. The topological polar surface area (TPSA) is 59.6 Å². The number of rotatable bonds is 1. The molecular formula is C8H10N4S2. The van der Waals surface area contributed by atoms with E-state index in [0.29, 0.717) is 10.6 Å². The quantitative estimate of drug-likeness (QED) is 0.577. The Kier molecular flexibility index (Phi) is 2.16. The van der Waals surface area contributed by atoms with Crippen LogP contribution in [-0.4, -0.2) is 14.9 Å². The van der Waals surface area contributed by atoms with Crippen LogP contribution < -0.4 is 5.84 Å². The molecule has 0 bridgehead atoms. The van der Waals surface area contributed by atoms with E-state index < -0.39 is 0 Å². The second kappa shape index (κ2) is 3.21. The maximum atomic E-state index is 5.74. The highest BCUT2D eigenvalue weighted by molar-refractivity contribution is 7.71. The number of H-pyrrole nitrogens is 1. The standard InChI is InChI=1S/C8H10N4S2/c1-4-5(2)14-3-6(4)7-10-11-8(13)12(7)9/h3H,9H2,1-2H3,(H,11,13). The summed E-state index contributed by atoms with van der Waals surface area (Å²) < 4.78 is 1.83. The van der Waals surface area contributed by atoms with Crippen LogP contribution in [0.3, 0.4) is 0 Å². The SMILES string of the molecule is Cc1scc(-c2n[nH]c(=S)n2N)c1C. The van der Waals surface area contributed by atoms with E-state index in [1.165, 1.54) is 15.1 Å². The molecule has 4 nitrogen and oxygen atoms in total. The molecule has 2 heterocycles. The number of hydrogen-bond acceptors (Lipinski definition) is 4. The lowest BCUT2D eigenvalue weighted by Crippen LogP contribution is -2.09. The average Bonchev–Trinajstić information content (AvgIpc) is 2.63. The Morgan fingerprint density at radius 3 is 2.71 bits per heavy atom. The Bertz CT molecular complexity index is 520. The number of nitrogens with zero attached hydrogens (tertiary/aromatic N) is 2. The minimum atomic E-state index is 0.434. The van der Waals surface area contributed by atoms with Crippen LogP contribution in [0.15, 0.2) is 5.38 Å². The van der Waals surface area contributed by atoms with Crippen molar-refractivity contribution >= 4 is 23.6 Å². The molecule has 0 unspecified atom stereocenters. The average molecular weight is 226 g/mol. The summed E-state index contributed by atoms with van der Waals surface area (Å²) in [5.74, 6) is 6.43. The van der Waals surface area contributed by atoms with Crippen LogP contribution in [0.25, 0.3) is 11.4 Å². The van der Waals surface area contributed by atoms with Crippen molar-refractivity contribution in [3.8, 4) is 11.4 Å². The first-order valence-corrected chi connectivity index (χ1v) is 5.37.